The molecule has 0 bridgehead atoms. The fraction of sp³-hybridized carbons (Fsp3) is 0.154. The molecule has 154 valence electrons. The van der Waals surface area contributed by atoms with E-state index in [1.54, 1.807) is 0 Å². The second-order valence-corrected chi connectivity index (χ2v) is 8.66. The predicted octanol–water partition coefficient (Wildman–Crippen LogP) is 7.65. The molecular formula is C26H20Cl2N2O. The maximum Gasteiger partial charge on any atom is 0.247 e. The maximum atomic E-state index is 6.67. The van der Waals surface area contributed by atoms with Crippen molar-refractivity contribution in [2.75, 3.05) is 0 Å². The van der Waals surface area contributed by atoms with E-state index < -0.39 is 0 Å². The Morgan fingerprint density at radius 1 is 0.839 bits per heavy atom. The van der Waals surface area contributed by atoms with Crippen molar-refractivity contribution < 1.29 is 4.42 Å². The molecule has 0 amide bonds. The normalized spacial score (nSPS) is 13.8. The highest BCUT2D eigenvalue weighted by Crippen LogP contribution is 2.42. The Morgan fingerprint density at radius 3 is 2.35 bits per heavy atom. The summed E-state index contributed by atoms with van der Waals surface area (Å²) in [5.74, 6) is 0.536. The van der Waals surface area contributed by atoms with Crippen LogP contribution in [0, 0.1) is 6.92 Å². The lowest BCUT2D eigenvalue weighted by Gasteiger charge is -2.18. The van der Waals surface area contributed by atoms with Gasteiger partial charge in [-0.1, -0.05) is 65.2 Å². The maximum absolute atomic E-state index is 6.67. The van der Waals surface area contributed by atoms with Gasteiger partial charge in [-0.2, -0.15) is 0 Å². The molecule has 0 saturated carbocycles. The number of aryl methyl sites for hydroxylation is 2. The Kier molecular flexibility index (Phi) is 5.39. The zero-order valence-corrected chi connectivity index (χ0v) is 18.5. The van der Waals surface area contributed by atoms with Crippen LogP contribution in [0.5, 0.6) is 0 Å². The van der Waals surface area contributed by atoms with Crippen LogP contribution in [-0.4, -0.2) is 10.2 Å². The van der Waals surface area contributed by atoms with E-state index in [1.165, 1.54) is 39.8 Å². The molecule has 0 unspecified atom stereocenters. The highest BCUT2D eigenvalue weighted by atomic mass is 35.5. The number of nitrogens with zero attached hydrogens (tertiary/aromatic N) is 2. The van der Waals surface area contributed by atoms with E-state index in [0.717, 1.165) is 30.4 Å². The Labute approximate surface area is 191 Å². The van der Waals surface area contributed by atoms with E-state index in [0.29, 0.717) is 15.9 Å². The number of rotatable bonds is 3. The molecule has 3 nitrogen and oxygen atoms in total. The first-order valence-corrected chi connectivity index (χ1v) is 11.0. The van der Waals surface area contributed by atoms with E-state index >= 15 is 0 Å². The van der Waals surface area contributed by atoms with E-state index in [2.05, 4.69) is 53.5 Å². The molecule has 0 N–H and O–H groups in total. The van der Waals surface area contributed by atoms with Crippen molar-refractivity contribution in [1.82, 2.24) is 10.2 Å². The van der Waals surface area contributed by atoms with Gasteiger partial charge in [-0.25, -0.2) is 0 Å². The molecule has 1 aliphatic rings. The second kappa shape index (κ2) is 8.33. The molecule has 1 aliphatic carbocycles. The summed E-state index contributed by atoms with van der Waals surface area (Å²) in [6, 6.07) is 20.8. The van der Waals surface area contributed by atoms with Crippen LogP contribution in [0.25, 0.3) is 22.6 Å². The van der Waals surface area contributed by atoms with Gasteiger partial charge in [-0.05, 0) is 83.9 Å². The van der Waals surface area contributed by atoms with Crippen molar-refractivity contribution in [2.24, 2.45) is 0 Å². The molecule has 0 aliphatic heterocycles. The van der Waals surface area contributed by atoms with Crippen LogP contribution in [-0.2, 0) is 6.42 Å². The molecule has 5 heteroatoms. The summed E-state index contributed by atoms with van der Waals surface area (Å²) in [4.78, 5) is 0. The highest BCUT2D eigenvalue weighted by Gasteiger charge is 2.22. The fourth-order valence-corrected chi connectivity index (χ4v) is 4.80. The average molecular weight is 447 g/mol. The van der Waals surface area contributed by atoms with Gasteiger partial charge in [-0.3, -0.25) is 0 Å². The van der Waals surface area contributed by atoms with Crippen molar-refractivity contribution in [3.8, 4) is 11.5 Å². The number of halogens is 2. The van der Waals surface area contributed by atoms with E-state index in [9.17, 15) is 0 Å². The molecular weight excluding hydrogens is 427 g/mol. The topological polar surface area (TPSA) is 38.9 Å². The fourth-order valence-electron chi connectivity index (χ4n) is 4.27. The Morgan fingerprint density at radius 2 is 1.61 bits per heavy atom. The van der Waals surface area contributed by atoms with Gasteiger partial charge >= 0.3 is 0 Å². The first-order chi connectivity index (χ1) is 15.1. The van der Waals surface area contributed by atoms with Gasteiger partial charge in [0.05, 0.1) is 0 Å². The smallest absolute Gasteiger partial charge is 0.247 e. The lowest BCUT2D eigenvalue weighted by atomic mass is 9.87. The zero-order valence-electron chi connectivity index (χ0n) is 17.0. The third-order valence-corrected chi connectivity index (χ3v) is 6.30. The predicted molar refractivity (Wildman–Crippen MR) is 126 cm³/mol. The van der Waals surface area contributed by atoms with Gasteiger partial charge < -0.3 is 4.42 Å². The monoisotopic (exact) mass is 446 g/mol. The van der Waals surface area contributed by atoms with Gasteiger partial charge in [0.25, 0.3) is 0 Å². The van der Waals surface area contributed by atoms with Crippen LogP contribution in [0.1, 0.15) is 40.7 Å². The van der Waals surface area contributed by atoms with Crippen molar-refractivity contribution in [3.05, 3.63) is 105 Å². The molecule has 4 aromatic rings. The summed E-state index contributed by atoms with van der Waals surface area (Å²) >= 11 is 12.9. The van der Waals surface area contributed by atoms with Crippen LogP contribution < -0.4 is 0 Å². The molecule has 5 rings (SSSR count). The lowest BCUT2D eigenvalue weighted by molar-refractivity contribution is 0.568. The van der Waals surface area contributed by atoms with Crippen LogP contribution in [0.4, 0.5) is 0 Å². The van der Waals surface area contributed by atoms with Gasteiger partial charge in [0.2, 0.25) is 12.3 Å². The molecule has 0 spiro atoms. The minimum absolute atomic E-state index is 0.536. The Hall–Kier alpha value is -2.88. The van der Waals surface area contributed by atoms with Crippen molar-refractivity contribution in [2.45, 2.75) is 26.2 Å². The number of benzene rings is 3. The largest absolute Gasteiger partial charge is 0.423 e. The summed E-state index contributed by atoms with van der Waals surface area (Å²) in [6.45, 7) is 2.10. The summed E-state index contributed by atoms with van der Waals surface area (Å²) in [5, 5.41) is 9.21. The van der Waals surface area contributed by atoms with Crippen LogP contribution in [0.15, 0.2) is 71.5 Å². The average Bonchev–Trinajstić information content (AvgIpc) is 3.23. The summed E-state index contributed by atoms with van der Waals surface area (Å²) in [7, 11) is 0. The van der Waals surface area contributed by atoms with Gasteiger partial charge in [0.15, 0.2) is 0 Å². The summed E-state index contributed by atoms with van der Waals surface area (Å²) < 4.78 is 5.42. The van der Waals surface area contributed by atoms with Crippen LogP contribution in [0.3, 0.4) is 0 Å². The number of fused-ring (bicyclic) bond motifs is 1. The van der Waals surface area contributed by atoms with E-state index in [1.807, 2.05) is 24.3 Å². The molecule has 31 heavy (non-hydrogen) atoms. The van der Waals surface area contributed by atoms with Crippen LogP contribution >= 0.6 is 23.2 Å². The molecule has 0 fully saturated rings. The zero-order chi connectivity index (χ0) is 21.4. The van der Waals surface area contributed by atoms with Crippen LogP contribution in [0.2, 0.25) is 10.0 Å². The second-order valence-electron chi connectivity index (χ2n) is 7.81. The third-order valence-electron chi connectivity index (χ3n) is 5.75. The minimum atomic E-state index is 0.536. The number of hydrogen-bond acceptors (Lipinski definition) is 3. The molecule has 1 heterocycles. The molecule has 0 radical (unpaired) electrons. The summed E-state index contributed by atoms with van der Waals surface area (Å²) in [6.07, 6.45) is 4.26. The summed E-state index contributed by atoms with van der Waals surface area (Å²) in [5.41, 5.74) is 9.33. The molecule has 1 aromatic heterocycles. The van der Waals surface area contributed by atoms with Crippen molar-refractivity contribution in [3.63, 3.8) is 0 Å². The quantitative estimate of drug-likeness (QED) is 0.324. The Balaban J connectivity index is 1.76. The highest BCUT2D eigenvalue weighted by molar-refractivity contribution is 6.36. The van der Waals surface area contributed by atoms with Crippen molar-refractivity contribution >= 4 is 34.3 Å². The van der Waals surface area contributed by atoms with E-state index in [4.69, 9.17) is 27.6 Å². The number of hydrogen-bond donors (Lipinski definition) is 0. The third kappa shape index (κ3) is 3.91. The van der Waals surface area contributed by atoms with Gasteiger partial charge in [0.1, 0.15) is 0 Å². The molecule has 3 aromatic carbocycles. The van der Waals surface area contributed by atoms with Gasteiger partial charge in [0, 0.05) is 15.6 Å². The van der Waals surface area contributed by atoms with E-state index in [-0.39, 0.29) is 0 Å². The first-order valence-electron chi connectivity index (χ1n) is 10.3. The standard InChI is InChI=1S/C26H20Cl2N2O/c1-16-5-7-17(8-6-16)25-21-11-9-19(26-30-29-15-31-26)13-18(21)3-2-4-23(25)22-12-10-20(27)14-24(22)28/h5-15H,2-4H2,1H3. The molecule has 0 saturated heterocycles. The number of aromatic nitrogens is 2. The minimum Gasteiger partial charge on any atom is -0.423 e. The first kappa shape index (κ1) is 20.0. The molecule has 0 atom stereocenters. The van der Waals surface area contributed by atoms with Crippen molar-refractivity contribution in [1.29, 1.82) is 0 Å². The lowest BCUT2D eigenvalue weighted by Crippen LogP contribution is -1.97. The SMILES string of the molecule is Cc1ccc(C2=C(c3ccc(Cl)cc3Cl)CCCc3cc(-c4nnco4)ccc32)cc1. The Bertz CT molecular complexity index is 1280. The number of allylic oxidation sites excluding steroid dienone is 1. The van der Waals surface area contributed by atoms with Gasteiger partial charge in [-0.15, -0.1) is 10.2 Å².